The fraction of sp³-hybridized carbons (Fsp3) is 0.571. The number of rotatable bonds is 6. The lowest BCUT2D eigenvalue weighted by Crippen LogP contribution is -2.37. The zero-order valence-corrected chi connectivity index (χ0v) is 12.6. The molecule has 0 radical (unpaired) electrons. The Labute approximate surface area is 106 Å². The Morgan fingerprint density at radius 3 is 2.12 bits per heavy atom. The van der Waals surface area contributed by atoms with Crippen LogP contribution in [-0.4, -0.2) is 28.1 Å². The van der Waals surface area contributed by atoms with Crippen LogP contribution in [0.5, 0.6) is 0 Å². The van der Waals surface area contributed by atoms with Gasteiger partial charge in [0.1, 0.15) is 0 Å². The Hall–Kier alpha value is -0.643. The van der Waals surface area contributed by atoms with E-state index in [1.807, 2.05) is 6.92 Å². The average molecular weight is 252 g/mol. The molecule has 1 unspecified atom stereocenters. The first-order chi connectivity index (χ1) is 7.97. The van der Waals surface area contributed by atoms with Gasteiger partial charge < -0.3 is 9.47 Å². The van der Waals surface area contributed by atoms with Crippen LogP contribution in [0.2, 0.25) is 19.6 Å². The van der Waals surface area contributed by atoms with Crippen LogP contribution < -0.4 is 5.19 Å². The first-order valence-corrected chi connectivity index (χ1v) is 9.71. The normalized spacial score (nSPS) is 13.7. The lowest BCUT2D eigenvalue weighted by Gasteiger charge is -2.18. The van der Waals surface area contributed by atoms with Gasteiger partial charge in [-0.15, -0.1) is 0 Å². The van der Waals surface area contributed by atoms with Gasteiger partial charge in [0.2, 0.25) is 0 Å². The van der Waals surface area contributed by atoms with Gasteiger partial charge in [0.25, 0.3) is 0 Å². The van der Waals surface area contributed by atoms with E-state index >= 15 is 0 Å². The average Bonchev–Trinajstić information content (AvgIpc) is 2.28. The fourth-order valence-corrected chi connectivity index (χ4v) is 2.90. The monoisotopic (exact) mass is 252 g/mol. The van der Waals surface area contributed by atoms with Crippen LogP contribution in [0.15, 0.2) is 24.3 Å². The molecule has 0 fully saturated rings. The van der Waals surface area contributed by atoms with E-state index in [4.69, 9.17) is 9.47 Å². The molecule has 0 aliphatic rings. The van der Waals surface area contributed by atoms with Crippen molar-refractivity contribution in [3.63, 3.8) is 0 Å². The maximum Gasteiger partial charge on any atom is 0.161 e. The summed E-state index contributed by atoms with van der Waals surface area (Å²) >= 11 is 0. The van der Waals surface area contributed by atoms with Crippen LogP contribution in [0.25, 0.3) is 0 Å². The molecule has 0 N–H and O–H groups in total. The van der Waals surface area contributed by atoms with Crippen LogP contribution in [0.4, 0.5) is 0 Å². The quantitative estimate of drug-likeness (QED) is 0.572. The molecular weight excluding hydrogens is 228 g/mol. The molecule has 3 heteroatoms. The highest BCUT2D eigenvalue weighted by molar-refractivity contribution is 6.88. The summed E-state index contributed by atoms with van der Waals surface area (Å²) in [6.07, 6.45) is 0.689. The van der Waals surface area contributed by atoms with E-state index in [0.29, 0.717) is 6.61 Å². The second kappa shape index (κ2) is 6.33. The molecule has 0 saturated heterocycles. The molecule has 0 spiro atoms. The topological polar surface area (TPSA) is 18.5 Å². The third kappa shape index (κ3) is 4.62. The van der Waals surface area contributed by atoms with Crippen LogP contribution >= 0.6 is 0 Å². The number of ether oxygens (including phenoxy) is 2. The number of hydrogen-bond acceptors (Lipinski definition) is 2. The highest BCUT2D eigenvalue weighted by Crippen LogP contribution is 2.08. The summed E-state index contributed by atoms with van der Waals surface area (Å²) in [6, 6.07) is 8.89. The van der Waals surface area contributed by atoms with E-state index < -0.39 is 8.07 Å². The third-order valence-corrected chi connectivity index (χ3v) is 4.90. The van der Waals surface area contributed by atoms with E-state index in [9.17, 15) is 0 Å². The number of methoxy groups -OCH3 is 1. The molecule has 1 aromatic rings. The van der Waals surface area contributed by atoms with Crippen molar-refractivity contribution in [1.82, 2.24) is 0 Å². The first-order valence-electron chi connectivity index (χ1n) is 6.21. The second-order valence-corrected chi connectivity index (χ2v) is 10.3. The summed E-state index contributed by atoms with van der Waals surface area (Å²) in [7, 11) is 0.509. The minimum Gasteiger partial charge on any atom is -0.356 e. The van der Waals surface area contributed by atoms with Gasteiger partial charge in [-0.25, -0.2) is 0 Å². The largest absolute Gasteiger partial charge is 0.356 e. The van der Waals surface area contributed by atoms with Crippen LogP contribution in [0.3, 0.4) is 0 Å². The molecule has 1 rings (SSSR count). The van der Waals surface area contributed by atoms with Crippen molar-refractivity contribution < 1.29 is 9.47 Å². The van der Waals surface area contributed by atoms with Crippen molar-refractivity contribution in [2.75, 3.05) is 13.7 Å². The highest BCUT2D eigenvalue weighted by atomic mass is 28.3. The van der Waals surface area contributed by atoms with Crippen LogP contribution in [0.1, 0.15) is 12.5 Å². The molecule has 96 valence electrons. The summed E-state index contributed by atoms with van der Waals surface area (Å²) in [5.41, 5.74) is 1.27. The lowest BCUT2D eigenvalue weighted by atomic mass is 10.1. The molecule has 0 heterocycles. The van der Waals surface area contributed by atoms with Gasteiger partial charge in [-0.1, -0.05) is 49.1 Å². The Morgan fingerprint density at radius 2 is 1.71 bits per heavy atom. The van der Waals surface area contributed by atoms with E-state index in [-0.39, 0.29) is 6.29 Å². The minimum atomic E-state index is -1.18. The van der Waals surface area contributed by atoms with E-state index in [1.165, 1.54) is 10.8 Å². The Bertz CT molecular complexity index is 327. The Morgan fingerprint density at radius 1 is 1.12 bits per heavy atom. The van der Waals surface area contributed by atoms with Gasteiger partial charge in [-0.2, -0.15) is 0 Å². The zero-order chi connectivity index (χ0) is 12.9. The maximum atomic E-state index is 5.48. The van der Waals surface area contributed by atoms with Gasteiger partial charge >= 0.3 is 0 Å². The van der Waals surface area contributed by atoms with Crippen molar-refractivity contribution in [1.29, 1.82) is 0 Å². The Balaban J connectivity index is 2.68. The molecule has 17 heavy (non-hydrogen) atoms. The summed E-state index contributed by atoms with van der Waals surface area (Å²) in [5.74, 6) is 0. The minimum absolute atomic E-state index is 0.127. The highest BCUT2D eigenvalue weighted by Gasteiger charge is 2.16. The van der Waals surface area contributed by atoms with Gasteiger partial charge in [-0.05, 0) is 12.5 Å². The molecule has 0 bridgehead atoms. The molecular formula is C14H24O2Si. The molecule has 0 saturated carbocycles. The van der Waals surface area contributed by atoms with Crippen molar-refractivity contribution in [2.45, 2.75) is 39.3 Å². The molecule has 0 aromatic heterocycles. The van der Waals surface area contributed by atoms with E-state index in [1.54, 1.807) is 7.11 Å². The SMILES string of the molecule is CCOC(Cc1ccc([Si](C)(C)C)cc1)OC. The predicted molar refractivity (Wildman–Crippen MR) is 75.5 cm³/mol. The zero-order valence-electron chi connectivity index (χ0n) is 11.6. The Kier molecular flexibility index (Phi) is 5.37. The molecule has 1 atom stereocenters. The van der Waals surface area contributed by atoms with Crippen molar-refractivity contribution in [2.24, 2.45) is 0 Å². The molecule has 0 amide bonds. The first kappa shape index (κ1) is 14.4. The van der Waals surface area contributed by atoms with Gasteiger partial charge in [0.15, 0.2) is 6.29 Å². The summed E-state index contributed by atoms with van der Waals surface area (Å²) in [6.45, 7) is 9.76. The molecule has 2 nitrogen and oxygen atoms in total. The fourth-order valence-electron chi connectivity index (χ4n) is 1.73. The molecule has 0 aliphatic heterocycles. The van der Waals surface area contributed by atoms with Gasteiger partial charge in [-0.3, -0.25) is 0 Å². The van der Waals surface area contributed by atoms with E-state index in [0.717, 1.165) is 6.42 Å². The third-order valence-electron chi connectivity index (χ3n) is 2.84. The standard InChI is InChI=1S/C14H24O2Si/c1-6-16-14(15-2)11-12-7-9-13(10-8-12)17(3,4)5/h7-10,14H,6,11H2,1-5H3. The summed E-state index contributed by atoms with van der Waals surface area (Å²) < 4.78 is 10.8. The van der Waals surface area contributed by atoms with Crippen molar-refractivity contribution in [3.8, 4) is 0 Å². The summed E-state index contributed by atoms with van der Waals surface area (Å²) in [4.78, 5) is 0. The van der Waals surface area contributed by atoms with Crippen LogP contribution in [-0.2, 0) is 15.9 Å². The van der Waals surface area contributed by atoms with Crippen molar-refractivity contribution >= 4 is 13.3 Å². The molecule has 0 aliphatic carbocycles. The summed E-state index contributed by atoms with van der Waals surface area (Å²) in [5, 5.41) is 1.49. The predicted octanol–water partition coefficient (Wildman–Crippen LogP) is 2.78. The lowest BCUT2D eigenvalue weighted by molar-refractivity contribution is -0.118. The van der Waals surface area contributed by atoms with E-state index in [2.05, 4.69) is 43.9 Å². The van der Waals surface area contributed by atoms with Crippen LogP contribution in [0, 0.1) is 0 Å². The van der Waals surface area contributed by atoms with Gasteiger partial charge in [0, 0.05) is 20.1 Å². The number of hydrogen-bond donors (Lipinski definition) is 0. The molecule has 1 aromatic carbocycles. The second-order valence-electron chi connectivity index (χ2n) is 5.27. The number of benzene rings is 1. The van der Waals surface area contributed by atoms with Gasteiger partial charge in [0.05, 0.1) is 8.07 Å². The smallest absolute Gasteiger partial charge is 0.161 e. The van der Waals surface area contributed by atoms with Crippen molar-refractivity contribution in [3.05, 3.63) is 29.8 Å². The maximum absolute atomic E-state index is 5.48.